The smallest absolute Gasteiger partial charge is 0.335 e. The predicted molar refractivity (Wildman–Crippen MR) is 80.5 cm³/mol. The number of benzene rings is 1. The standard InChI is InChI=1S/C15H21NO6/c1-4-21-7-8-22-10(2)14(17)16-12-6-5-11(15(18)19)9-13(12)20-3/h5-6,9-10H,4,7-8H2,1-3H3,(H,16,17)(H,18,19). The zero-order valence-corrected chi connectivity index (χ0v) is 12.9. The van der Waals surface area contributed by atoms with E-state index in [4.69, 9.17) is 19.3 Å². The summed E-state index contributed by atoms with van der Waals surface area (Å²) in [4.78, 5) is 22.9. The summed E-state index contributed by atoms with van der Waals surface area (Å²) in [5, 5.41) is 11.6. The van der Waals surface area contributed by atoms with Gasteiger partial charge in [-0.2, -0.15) is 0 Å². The molecule has 1 unspecified atom stereocenters. The van der Waals surface area contributed by atoms with Gasteiger partial charge in [-0.15, -0.1) is 0 Å². The van der Waals surface area contributed by atoms with Crippen molar-refractivity contribution in [2.45, 2.75) is 20.0 Å². The highest BCUT2D eigenvalue weighted by atomic mass is 16.5. The summed E-state index contributed by atoms with van der Waals surface area (Å²) in [6, 6.07) is 4.22. The number of nitrogens with one attached hydrogen (secondary N) is 1. The Hall–Kier alpha value is -2.12. The molecule has 0 heterocycles. The molecule has 0 aliphatic rings. The number of aromatic carboxylic acids is 1. The largest absolute Gasteiger partial charge is 0.495 e. The minimum absolute atomic E-state index is 0.0795. The Morgan fingerprint density at radius 3 is 2.64 bits per heavy atom. The molecule has 1 rings (SSSR count). The highest BCUT2D eigenvalue weighted by Crippen LogP contribution is 2.25. The Bertz CT molecular complexity index is 517. The number of hydrogen-bond acceptors (Lipinski definition) is 5. The number of amides is 1. The van der Waals surface area contributed by atoms with E-state index in [1.807, 2.05) is 6.92 Å². The van der Waals surface area contributed by atoms with Gasteiger partial charge < -0.3 is 24.6 Å². The monoisotopic (exact) mass is 311 g/mol. The Morgan fingerprint density at radius 1 is 1.32 bits per heavy atom. The van der Waals surface area contributed by atoms with Gasteiger partial charge in [0.05, 0.1) is 31.6 Å². The second kappa shape index (κ2) is 9.01. The Labute approximate surface area is 129 Å². The number of carbonyl (C=O) groups excluding carboxylic acids is 1. The van der Waals surface area contributed by atoms with E-state index >= 15 is 0 Å². The van der Waals surface area contributed by atoms with Crippen molar-refractivity contribution in [1.82, 2.24) is 0 Å². The Balaban J connectivity index is 2.65. The summed E-state index contributed by atoms with van der Waals surface area (Å²) in [6.07, 6.45) is -0.663. The molecule has 122 valence electrons. The van der Waals surface area contributed by atoms with E-state index in [0.29, 0.717) is 25.5 Å². The van der Waals surface area contributed by atoms with Gasteiger partial charge >= 0.3 is 5.97 Å². The third-order valence-corrected chi connectivity index (χ3v) is 2.88. The zero-order valence-electron chi connectivity index (χ0n) is 12.9. The van der Waals surface area contributed by atoms with Crippen molar-refractivity contribution in [2.24, 2.45) is 0 Å². The second-order valence-corrected chi connectivity index (χ2v) is 4.42. The van der Waals surface area contributed by atoms with Gasteiger partial charge in [-0.25, -0.2) is 4.79 Å². The molecule has 1 aromatic carbocycles. The van der Waals surface area contributed by atoms with E-state index in [9.17, 15) is 9.59 Å². The van der Waals surface area contributed by atoms with Gasteiger partial charge in [0.1, 0.15) is 11.9 Å². The fourth-order valence-corrected chi connectivity index (χ4v) is 1.67. The molecule has 0 spiro atoms. The first-order valence-electron chi connectivity index (χ1n) is 6.91. The van der Waals surface area contributed by atoms with Crippen LogP contribution in [-0.4, -0.2) is 50.0 Å². The molecule has 1 atom stereocenters. The first kappa shape index (κ1) is 17.9. The lowest BCUT2D eigenvalue weighted by molar-refractivity contribution is -0.127. The van der Waals surface area contributed by atoms with Gasteiger partial charge in [0.15, 0.2) is 0 Å². The second-order valence-electron chi connectivity index (χ2n) is 4.42. The van der Waals surface area contributed by atoms with Crippen LogP contribution in [0.15, 0.2) is 18.2 Å². The van der Waals surface area contributed by atoms with Gasteiger partial charge in [-0.05, 0) is 32.0 Å². The van der Waals surface area contributed by atoms with E-state index in [1.165, 1.54) is 25.3 Å². The number of carbonyl (C=O) groups is 2. The highest BCUT2D eigenvalue weighted by Gasteiger charge is 2.16. The molecule has 2 N–H and O–H groups in total. The fourth-order valence-electron chi connectivity index (χ4n) is 1.67. The van der Waals surface area contributed by atoms with Crippen molar-refractivity contribution in [3.05, 3.63) is 23.8 Å². The van der Waals surface area contributed by atoms with Crippen molar-refractivity contribution in [3.8, 4) is 5.75 Å². The molecule has 0 aliphatic heterocycles. The van der Waals surface area contributed by atoms with E-state index in [2.05, 4.69) is 5.32 Å². The van der Waals surface area contributed by atoms with Crippen molar-refractivity contribution in [1.29, 1.82) is 0 Å². The number of anilines is 1. The summed E-state index contributed by atoms with van der Waals surface area (Å²) >= 11 is 0. The van der Waals surface area contributed by atoms with Gasteiger partial charge in [0.2, 0.25) is 0 Å². The molecule has 0 fully saturated rings. The van der Waals surface area contributed by atoms with Crippen LogP contribution in [0.5, 0.6) is 5.75 Å². The topological polar surface area (TPSA) is 94.1 Å². The Morgan fingerprint density at radius 2 is 2.05 bits per heavy atom. The quantitative estimate of drug-likeness (QED) is 0.675. The maximum atomic E-state index is 12.0. The van der Waals surface area contributed by atoms with Crippen LogP contribution in [0.3, 0.4) is 0 Å². The minimum atomic E-state index is -1.07. The first-order chi connectivity index (χ1) is 10.5. The molecule has 7 heteroatoms. The lowest BCUT2D eigenvalue weighted by Gasteiger charge is -2.15. The molecule has 0 aromatic heterocycles. The van der Waals surface area contributed by atoms with E-state index < -0.39 is 12.1 Å². The summed E-state index contributed by atoms with van der Waals surface area (Å²) in [6.45, 7) is 4.84. The van der Waals surface area contributed by atoms with Crippen LogP contribution in [0.25, 0.3) is 0 Å². The maximum absolute atomic E-state index is 12.0. The molecule has 0 aliphatic carbocycles. The molecular formula is C15H21NO6. The Kier molecular flexibility index (Phi) is 7.34. The average molecular weight is 311 g/mol. The van der Waals surface area contributed by atoms with Gasteiger partial charge in [-0.1, -0.05) is 0 Å². The third-order valence-electron chi connectivity index (χ3n) is 2.88. The molecule has 1 amide bonds. The number of rotatable bonds is 9. The molecule has 22 heavy (non-hydrogen) atoms. The lowest BCUT2D eigenvalue weighted by Crippen LogP contribution is -2.29. The number of methoxy groups -OCH3 is 1. The zero-order chi connectivity index (χ0) is 16.5. The van der Waals surface area contributed by atoms with Gasteiger partial charge in [0.25, 0.3) is 5.91 Å². The van der Waals surface area contributed by atoms with Crippen LogP contribution in [-0.2, 0) is 14.3 Å². The number of ether oxygens (including phenoxy) is 3. The van der Waals surface area contributed by atoms with Crippen LogP contribution in [0, 0.1) is 0 Å². The normalized spacial score (nSPS) is 11.8. The summed E-state index contributed by atoms with van der Waals surface area (Å²) < 4.78 is 15.6. The SMILES string of the molecule is CCOCCOC(C)C(=O)Nc1ccc(C(=O)O)cc1OC. The van der Waals surface area contributed by atoms with Crippen LogP contribution in [0.2, 0.25) is 0 Å². The summed E-state index contributed by atoms with van der Waals surface area (Å²) in [5.41, 5.74) is 0.466. The van der Waals surface area contributed by atoms with Gasteiger partial charge in [0, 0.05) is 6.61 Å². The molecule has 0 saturated carbocycles. The predicted octanol–water partition coefficient (Wildman–Crippen LogP) is 1.77. The van der Waals surface area contributed by atoms with Crippen molar-refractivity contribution in [3.63, 3.8) is 0 Å². The molecule has 1 aromatic rings. The van der Waals surface area contributed by atoms with Crippen LogP contribution in [0.4, 0.5) is 5.69 Å². The van der Waals surface area contributed by atoms with Crippen LogP contribution in [0.1, 0.15) is 24.2 Å². The molecule has 0 saturated heterocycles. The number of hydrogen-bond donors (Lipinski definition) is 2. The maximum Gasteiger partial charge on any atom is 0.335 e. The number of carboxylic acid groups (broad SMARTS) is 1. The lowest BCUT2D eigenvalue weighted by atomic mass is 10.2. The molecule has 0 radical (unpaired) electrons. The minimum Gasteiger partial charge on any atom is -0.495 e. The molecule has 7 nitrogen and oxygen atoms in total. The van der Waals surface area contributed by atoms with Crippen LogP contribution >= 0.6 is 0 Å². The molecule has 0 bridgehead atoms. The van der Waals surface area contributed by atoms with Gasteiger partial charge in [-0.3, -0.25) is 4.79 Å². The molecular weight excluding hydrogens is 290 g/mol. The summed E-state index contributed by atoms with van der Waals surface area (Å²) in [5.74, 6) is -1.14. The van der Waals surface area contributed by atoms with Crippen molar-refractivity contribution >= 4 is 17.6 Å². The highest BCUT2D eigenvalue weighted by molar-refractivity contribution is 5.96. The van der Waals surface area contributed by atoms with E-state index in [-0.39, 0.29) is 17.2 Å². The van der Waals surface area contributed by atoms with E-state index in [0.717, 1.165) is 0 Å². The van der Waals surface area contributed by atoms with E-state index in [1.54, 1.807) is 6.92 Å². The third kappa shape index (κ3) is 5.34. The first-order valence-corrected chi connectivity index (χ1v) is 6.91. The van der Waals surface area contributed by atoms with Crippen molar-refractivity contribution in [2.75, 3.05) is 32.2 Å². The van der Waals surface area contributed by atoms with Crippen LogP contribution < -0.4 is 10.1 Å². The summed E-state index contributed by atoms with van der Waals surface area (Å²) in [7, 11) is 1.40. The fraction of sp³-hybridized carbons (Fsp3) is 0.467. The number of carboxylic acids is 1. The average Bonchev–Trinajstić information content (AvgIpc) is 2.51. The van der Waals surface area contributed by atoms with Crippen molar-refractivity contribution < 1.29 is 28.9 Å².